The van der Waals surface area contributed by atoms with Crippen molar-refractivity contribution in [2.24, 2.45) is 5.41 Å². The lowest BCUT2D eigenvalue weighted by Crippen LogP contribution is -2.38. The molecule has 110 valence electrons. The molecule has 3 nitrogen and oxygen atoms in total. The highest BCUT2D eigenvalue weighted by atomic mass is 79.9. The van der Waals surface area contributed by atoms with Gasteiger partial charge in [0.05, 0.1) is 12.5 Å². The fourth-order valence-electron chi connectivity index (χ4n) is 2.82. The van der Waals surface area contributed by atoms with Gasteiger partial charge in [-0.05, 0) is 49.8 Å². The van der Waals surface area contributed by atoms with E-state index in [4.69, 9.17) is 9.47 Å². The number of carbonyl (C=O) groups is 1. The molecule has 0 aliphatic carbocycles. The zero-order chi connectivity index (χ0) is 14.4. The number of esters is 1. The van der Waals surface area contributed by atoms with E-state index in [1.165, 1.54) is 12.7 Å². The highest BCUT2D eigenvalue weighted by Crippen LogP contribution is 2.37. The van der Waals surface area contributed by atoms with Crippen LogP contribution in [0.3, 0.4) is 0 Å². The number of ether oxygens (including phenoxy) is 2. The summed E-state index contributed by atoms with van der Waals surface area (Å²) in [6.07, 6.45) is 4.42. The van der Waals surface area contributed by atoms with Gasteiger partial charge in [0, 0.05) is 17.7 Å². The van der Waals surface area contributed by atoms with E-state index in [0.29, 0.717) is 13.2 Å². The van der Waals surface area contributed by atoms with E-state index in [1.54, 1.807) is 0 Å². The molecule has 0 amide bonds. The number of hydrogen-bond acceptors (Lipinski definition) is 3. The monoisotopic (exact) mass is 340 g/mol. The topological polar surface area (TPSA) is 35.5 Å². The van der Waals surface area contributed by atoms with Crippen molar-refractivity contribution < 1.29 is 14.3 Å². The van der Waals surface area contributed by atoms with Crippen molar-refractivity contribution in [3.05, 3.63) is 34.3 Å². The van der Waals surface area contributed by atoms with Crippen LogP contribution in [0, 0.1) is 5.41 Å². The van der Waals surface area contributed by atoms with Crippen molar-refractivity contribution >= 4 is 21.9 Å². The third-order valence-electron chi connectivity index (χ3n) is 4.10. The van der Waals surface area contributed by atoms with Gasteiger partial charge < -0.3 is 9.47 Å². The summed E-state index contributed by atoms with van der Waals surface area (Å²) in [4.78, 5) is 12.1. The van der Waals surface area contributed by atoms with Crippen LogP contribution in [0.25, 0.3) is 0 Å². The molecule has 1 heterocycles. The van der Waals surface area contributed by atoms with Crippen LogP contribution >= 0.6 is 15.9 Å². The van der Waals surface area contributed by atoms with E-state index in [-0.39, 0.29) is 11.4 Å². The summed E-state index contributed by atoms with van der Waals surface area (Å²) in [5.41, 5.74) is 0.975. The fourth-order valence-corrected chi connectivity index (χ4v) is 3.08. The molecular formula is C16H21BrO3. The predicted molar refractivity (Wildman–Crippen MR) is 81.6 cm³/mol. The number of rotatable bonds is 5. The number of methoxy groups -OCH3 is 1. The summed E-state index contributed by atoms with van der Waals surface area (Å²) >= 11 is 3.44. The van der Waals surface area contributed by atoms with Gasteiger partial charge in [-0.25, -0.2) is 0 Å². The molecule has 0 spiro atoms. The van der Waals surface area contributed by atoms with E-state index in [2.05, 4.69) is 40.2 Å². The minimum atomic E-state index is -0.331. The van der Waals surface area contributed by atoms with Gasteiger partial charge in [-0.15, -0.1) is 0 Å². The lowest BCUT2D eigenvalue weighted by molar-refractivity contribution is -0.159. The predicted octanol–water partition coefficient (Wildman–Crippen LogP) is 3.74. The summed E-state index contributed by atoms with van der Waals surface area (Å²) in [5, 5.41) is 0. The zero-order valence-electron chi connectivity index (χ0n) is 11.9. The smallest absolute Gasteiger partial charge is 0.311 e. The molecule has 0 atom stereocenters. The molecule has 1 aromatic carbocycles. The van der Waals surface area contributed by atoms with E-state index in [0.717, 1.165) is 36.6 Å². The summed E-state index contributed by atoms with van der Waals surface area (Å²) in [6, 6.07) is 8.36. The molecule has 1 aliphatic rings. The molecule has 0 N–H and O–H groups in total. The van der Waals surface area contributed by atoms with Crippen molar-refractivity contribution in [3.8, 4) is 0 Å². The number of aryl methyl sites for hydroxylation is 1. The Balaban J connectivity index is 1.92. The summed E-state index contributed by atoms with van der Waals surface area (Å²) in [7, 11) is 1.48. The third-order valence-corrected chi connectivity index (χ3v) is 4.63. The highest BCUT2D eigenvalue weighted by molar-refractivity contribution is 9.10. The van der Waals surface area contributed by atoms with E-state index < -0.39 is 0 Å². The average Bonchev–Trinajstić information content (AvgIpc) is 2.49. The van der Waals surface area contributed by atoms with Gasteiger partial charge in [0.25, 0.3) is 0 Å². The van der Waals surface area contributed by atoms with Crippen LogP contribution in [-0.4, -0.2) is 26.3 Å². The largest absolute Gasteiger partial charge is 0.469 e. The maximum atomic E-state index is 12.1. The molecule has 0 bridgehead atoms. The van der Waals surface area contributed by atoms with Gasteiger partial charge in [-0.3, -0.25) is 4.79 Å². The second-order valence-corrected chi connectivity index (χ2v) is 6.28. The van der Waals surface area contributed by atoms with Crippen LogP contribution in [0.15, 0.2) is 28.7 Å². The highest BCUT2D eigenvalue weighted by Gasteiger charge is 2.40. The zero-order valence-corrected chi connectivity index (χ0v) is 13.4. The summed E-state index contributed by atoms with van der Waals surface area (Å²) in [6.45, 7) is 1.32. The van der Waals surface area contributed by atoms with Gasteiger partial charge >= 0.3 is 5.97 Å². The Morgan fingerprint density at radius 2 is 1.95 bits per heavy atom. The molecule has 20 heavy (non-hydrogen) atoms. The number of carbonyl (C=O) groups excluding carboxylic acids is 1. The second kappa shape index (κ2) is 7.23. The first-order valence-corrected chi connectivity index (χ1v) is 7.86. The van der Waals surface area contributed by atoms with Crippen molar-refractivity contribution in [3.63, 3.8) is 0 Å². The van der Waals surface area contributed by atoms with Crippen LogP contribution < -0.4 is 0 Å². The van der Waals surface area contributed by atoms with Crippen LogP contribution in [0.4, 0.5) is 0 Å². The summed E-state index contributed by atoms with van der Waals surface area (Å²) in [5.74, 6) is -0.0726. The van der Waals surface area contributed by atoms with E-state index >= 15 is 0 Å². The van der Waals surface area contributed by atoms with E-state index in [9.17, 15) is 4.79 Å². The molecular weight excluding hydrogens is 320 g/mol. The van der Waals surface area contributed by atoms with Crippen LogP contribution in [-0.2, 0) is 20.7 Å². The first-order valence-electron chi connectivity index (χ1n) is 7.07. The molecule has 4 heteroatoms. The van der Waals surface area contributed by atoms with Gasteiger partial charge in [-0.2, -0.15) is 0 Å². The first-order chi connectivity index (χ1) is 9.66. The molecule has 1 aliphatic heterocycles. The molecule has 0 radical (unpaired) electrons. The number of benzene rings is 1. The van der Waals surface area contributed by atoms with Gasteiger partial charge in [0.15, 0.2) is 0 Å². The van der Waals surface area contributed by atoms with Gasteiger partial charge in [0.1, 0.15) is 0 Å². The van der Waals surface area contributed by atoms with Crippen LogP contribution in [0.1, 0.15) is 31.2 Å². The Kier molecular flexibility index (Phi) is 5.61. The van der Waals surface area contributed by atoms with Crippen molar-refractivity contribution in [1.82, 2.24) is 0 Å². The lowest BCUT2D eigenvalue weighted by Gasteiger charge is -2.34. The molecule has 1 aromatic rings. The van der Waals surface area contributed by atoms with Gasteiger partial charge in [0.2, 0.25) is 0 Å². The first kappa shape index (κ1) is 15.5. The molecule has 1 saturated heterocycles. The Hall–Kier alpha value is -0.870. The molecule has 0 saturated carbocycles. The maximum absolute atomic E-state index is 12.1. The third kappa shape index (κ3) is 3.83. The van der Waals surface area contributed by atoms with Crippen LogP contribution in [0.2, 0.25) is 0 Å². The molecule has 2 rings (SSSR count). The fraction of sp³-hybridized carbons (Fsp3) is 0.562. The second-order valence-electron chi connectivity index (χ2n) is 5.36. The maximum Gasteiger partial charge on any atom is 0.311 e. The van der Waals surface area contributed by atoms with Gasteiger partial charge in [-0.1, -0.05) is 28.1 Å². The minimum Gasteiger partial charge on any atom is -0.469 e. The van der Waals surface area contributed by atoms with Crippen LogP contribution in [0.5, 0.6) is 0 Å². The number of halogens is 1. The Morgan fingerprint density at radius 1 is 1.30 bits per heavy atom. The van der Waals surface area contributed by atoms with Crippen molar-refractivity contribution in [2.45, 2.75) is 32.1 Å². The molecule has 0 aromatic heterocycles. The quantitative estimate of drug-likeness (QED) is 0.766. The summed E-state index contributed by atoms with van der Waals surface area (Å²) < 4.78 is 11.5. The Bertz CT molecular complexity index is 436. The van der Waals surface area contributed by atoms with Crippen molar-refractivity contribution in [1.29, 1.82) is 0 Å². The molecule has 1 fully saturated rings. The van der Waals surface area contributed by atoms with E-state index in [1.807, 2.05) is 0 Å². The standard InChI is InChI=1S/C16H21BrO3/c1-19-15(18)16(9-11-20-12-10-16)8-2-3-13-4-6-14(17)7-5-13/h4-7H,2-3,8-12H2,1H3. The minimum absolute atomic E-state index is 0.0726. The number of hydrogen-bond donors (Lipinski definition) is 0. The Labute approximate surface area is 128 Å². The SMILES string of the molecule is COC(=O)C1(CCCc2ccc(Br)cc2)CCOCC1. The Morgan fingerprint density at radius 3 is 2.55 bits per heavy atom. The lowest BCUT2D eigenvalue weighted by atomic mass is 9.76. The normalized spacial score (nSPS) is 17.7. The van der Waals surface area contributed by atoms with Crippen molar-refractivity contribution in [2.75, 3.05) is 20.3 Å². The molecule has 0 unspecified atom stereocenters. The average molecular weight is 341 g/mol.